The molecule has 0 radical (unpaired) electrons. The molecule has 1 saturated heterocycles. The summed E-state index contributed by atoms with van der Waals surface area (Å²) >= 11 is 0. The van der Waals surface area contributed by atoms with Gasteiger partial charge in [-0.25, -0.2) is 0 Å². The summed E-state index contributed by atoms with van der Waals surface area (Å²) in [7, 11) is 1.63. The van der Waals surface area contributed by atoms with Crippen LogP contribution in [0.25, 0.3) is 11.3 Å². The predicted molar refractivity (Wildman–Crippen MR) is 91.2 cm³/mol. The second kappa shape index (κ2) is 7.48. The molecule has 2 N–H and O–H groups in total. The maximum absolute atomic E-state index is 12.7. The highest BCUT2D eigenvalue weighted by molar-refractivity contribution is 5.99. The van der Waals surface area contributed by atoms with Gasteiger partial charge in [-0.3, -0.25) is 9.89 Å². The lowest BCUT2D eigenvalue weighted by atomic mass is 10.1. The van der Waals surface area contributed by atoms with E-state index < -0.39 is 0 Å². The molecule has 2 heterocycles. The van der Waals surface area contributed by atoms with Gasteiger partial charge >= 0.3 is 0 Å². The van der Waals surface area contributed by atoms with Crippen molar-refractivity contribution in [2.45, 2.75) is 13.0 Å². The molecule has 1 aliphatic rings. The van der Waals surface area contributed by atoms with Gasteiger partial charge in [-0.15, -0.1) is 12.4 Å². The van der Waals surface area contributed by atoms with Crippen LogP contribution < -0.4 is 10.1 Å². The largest absolute Gasteiger partial charge is 0.497 e. The standard InChI is InChI=1S/C16H20N4O2.ClH/c1-11-10-20(8-7-17-11)16(21)14-9-18-19-15(14)12-3-5-13(22-2)6-4-12;/h3-6,9,11,17H,7-8,10H2,1-2H3,(H,18,19);1H. The number of carbonyl (C=O) groups is 1. The smallest absolute Gasteiger partial charge is 0.257 e. The first-order valence-corrected chi connectivity index (χ1v) is 7.39. The van der Waals surface area contributed by atoms with Crippen molar-refractivity contribution in [1.82, 2.24) is 20.4 Å². The number of carbonyl (C=O) groups excluding carboxylic acids is 1. The molecule has 0 saturated carbocycles. The number of aromatic nitrogens is 2. The second-order valence-electron chi connectivity index (χ2n) is 5.49. The minimum Gasteiger partial charge on any atom is -0.497 e. The van der Waals surface area contributed by atoms with Gasteiger partial charge in [-0.05, 0) is 31.2 Å². The Bertz CT molecular complexity index is 656. The number of rotatable bonds is 3. The van der Waals surface area contributed by atoms with Crippen LogP contribution in [0.3, 0.4) is 0 Å². The van der Waals surface area contributed by atoms with E-state index in [4.69, 9.17) is 4.74 Å². The average Bonchev–Trinajstić information content (AvgIpc) is 3.04. The monoisotopic (exact) mass is 336 g/mol. The third-order valence-electron chi connectivity index (χ3n) is 3.90. The normalized spacial score (nSPS) is 17.5. The Labute approximate surface area is 141 Å². The third-order valence-corrected chi connectivity index (χ3v) is 3.90. The summed E-state index contributed by atoms with van der Waals surface area (Å²) in [4.78, 5) is 14.6. The summed E-state index contributed by atoms with van der Waals surface area (Å²) in [6, 6.07) is 7.90. The van der Waals surface area contributed by atoms with Crippen molar-refractivity contribution < 1.29 is 9.53 Å². The van der Waals surface area contributed by atoms with Crippen LogP contribution in [0.4, 0.5) is 0 Å². The number of nitrogens with one attached hydrogen (secondary N) is 2. The molecule has 3 rings (SSSR count). The summed E-state index contributed by atoms with van der Waals surface area (Å²) in [5, 5.41) is 10.3. The van der Waals surface area contributed by atoms with E-state index in [1.165, 1.54) is 0 Å². The summed E-state index contributed by atoms with van der Waals surface area (Å²) in [6.07, 6.45) is 1.61. The van der Waals surface area contributed by atoms with Crippen molar-refractivity contribution in [2.24, 2.45) is 0 Å². The lowest BCUT2D eigenvalue weighted by molar-refractivity contribution is 0.0710. The van der Waals surface area contributed by atoms with Crippen molar-refractivity contribution in [3.05, 3.63) is 36.0 Å². The van der Waals surface area contributed by atoms with E-state index in [0.29, 0.717) is 18.2 Å². The Morgan fingerprint density at radius 2 is 2.09 bits per heavy atom. The van der Waals surface area contributed by atoms with Crippen LogP contribution >= 0.6 is 12.4 Å². The summed E-state index contributed by atoms with van der Waals surface area (Å²) in [6.45, 7) is 4.34. The van der Waals surface area contributed by atoms with Crippen molar-refractivity contribution >= 4 is 18.3 Å². The number of nitrogens with zero attached hydrogens (tertiary/aromatic N) is 2. The number of H-pyrrole nitrogens is 1. The van der Waals surface area contributed by atoms with Crippen molar-refractivity contribution in [3.8, 4) is 17.0 Å². The lowest BCUT2D eigenvalue weighted by Crippen LogP contribution is -2.51. The van der Waals surface area contributed by atoms with Crippen LogP contribution in [-0.2, 0) is 0 Å². The van der Waals surface area contributed by atoms with Crippen molar-refractivity contribution in [3.63, 3.8) is 0 Å². The molecular weight excluding hydrogens is 316 g/mol. The molecule has 124 valence electrons. The topological polar surface area (TPSA) is 70.2 Å². The van der Waals surface area contributed by atoms with Crippen LogP contribution in [0.15, 0.2) is 30.5 Å². The first kappa shape index (κ1) is 17.3. The Hall–Kier alpha value is -2.05. The molecular formula is C16H21ClN4O2. The van der Waals surface area contributed by atoms with Crippen LogP contribution in [0, 0.1) is 0 Å². The summed E-state index contributed by atoms with van der Waals surface area (Å²) in [5.74, 6) is 0.806. The first-order chi connectivity index (χ1) is 10.7. The van der Waals surface area contributed by atoms with Gasteiger partial charge in [0.05, 0.1) is 24.6 Å². The second-order valence-corrected chi connectivity index (χ2v) is 5.49. The van der Waals surface area contributed by atoms with Crippen LogP contribution in [0.2, 0.25) is 0 Å². The minimum absolute atomic E-state index is 0. The van der Waals surface area contributed by atoms with Gasteiger partial charge in [-0.1, -0.05) is 0 Å². The van der Waals surface area contributed by atoms with Gasteiger partial charge in [0.2, 0.25) is 0 Å². The highest BCUT2D eigenvalue weighted by atomic mass is 35.5. The van der Waals surface area contributed by atoms with Gasteiger partial charge in [0, 0.05) is 31.2 Å². The molecule has 23 heavy (non-hydrogen) atoms. The summed E-state index contributed by atoms with van der Waals surface area (Å²) < 4.78 is 5.16. The van der Waals surface area contributed by atoms with Crippen molar-refractivity contribution in [2.75, 3.05) is 26.7 Å². The molecule has 1 aromatic carbocycles. The molecule has 2 aromatic rings. The van der Waals surface area contributed by atoms with Gasteiger partial charge in [0.25, 0.3) is 5.91 Å². The average molecular weight is 337 g/mol. The lowest BCUT2D eigenvalue weighted by Gasteiger charge is -2.31. The number of aromatic amines is 1. The molecule has 1 aliphatic heterocycles. The molecule has 6 nitrogen and oxygen atoms in total. The molecule has 1 aromatic heterocycles. The zero-order valence-electron chi connectivity index (χ0n) is 13.2. The quantitative estimate of drug-likeness (QED) is 0.898. The van der Waals surface area contributed by atoms with Crippen molar-refractivity contribution in [1.29, 1.82) is 0 Å². The van der Waals surface area contributed by atoms with Gasteiger partial charge in [-0.2, -0.15) is 5.10 Å². The molecule has 1 unspecified atom stereocenters. The van der Waals surface area contributed by atoms with E-state index in [9.17, 15) is 4.79 Å². The van der Waals surface area contributed by atoms with E-state index in [-0.39, 0.29) is 18.3 Å². The SMILES string of the molecule is COc1ccc(-c2[nH]ncc2C(=O)N2CCNC(C)C2)cc1.Cl. The van der Waals surface area contributed by atoms with Gasteiger partial charge < -0.3 is 15.0 Å². The Morgan fingerprint density at radius 1 is 1.35 bits per heavy atom. The van der Waals surface area contributed by atoms with Crippen LogP contribution in [-0.4, -0.2) is 53.8 Å². The maximum atomic E-state index is 12.7. The Morgan fingerprint density at radius 3 is 2.74 bits per heavy atom. The number of ether oxygens (including phenoxy) is 1. The predicted octanol–water partition coefficient (Wildman–Crippen LogP) is 1.94. The maximum Gasteiger partial charge on any atom is 0.257 e. The Kier molecular flexibility index (Phi) is 5.63. The highest BCUT2D eigenvalue weighted by Crippen LogP contribution is 2.24. The Balaban J connectivity index is 0.00000192. The van der Waals surface area contributed by atoms with E-state index in [1.807, 2.05) is 29.2 Å². The minimum atomic E-state index is 0. The molecule has 1 fully saturated rings. The fourth-order valence-corrected chi connectivity index (χ4v) is 2.71. The number of hydrogen-bond acceptors (Lipinski definition) is 4. The molecule has 1 amide bonds. The summed E-state index contributed by atoms with van der Waals surface area (Å²) in [5.41, 5.74) is 2.28. The molecule has 0 bridgehead atoms. The molecule has 0 spiro atoms. The highest BCUT2D eigenvalue weighted by Gasteiger charge is 2.25. The molecule has 7 heteroatoms. The zero-order chi connectivity index (χ0) is 15.5. The first-order valence-electron chi connectivity index (χ1n) is 7.39. The molecule has 1 atom stereocenters. The number of halogens is 1. The third kappa shape index (κ3) is 3.65. The number of amides is 1. The van der Waals surface area contributed by atoms with E-state index in [1.54, 1.807) is 13.3 Å². The zero-order valence-corrected chi connectivity index (χ0v) is 14.0. The number of methoxy groups -OCH3 is 1. The van der Waals surface area contributed by atoms with E-state index >= 15 is 0 Å². The number of hydrogen-bond donors (Lipinski definition) is 2. The fourth-order valence-electron chi connectivity index (χ4n) is 2.71. The number of benzene rings is 1. The van der Waals surface area contributed by atoms with Gasteiger partial charge in [0.1, 0.15) is 5.75 Å². The van der Waals surface area contributed by atoms with E-state index in [2.05, 4.69) is 22.4 Å². The van der Waals surface area contributed by atoms with Crippen LogP contribution in [0.1, 0.15) is 17.3 Å². The fraction of sp³-hybridized carbons (Fsp3) is 0.375. The molecule has 0 aliphatic carbocycles. The van der Waals surface area contributed by atoms with Crippen LogP contribution in [0.5, 0.6) is 5.75 Å². The van der Waals surface area contributed by atoms with E-state index in [0.717, 1.165) is 30.1 Å². The number of piperazine rings is 1. The van der Waals surface area contributed by atoms with Gasteiger partial charge in [0.15, 0.2) is 0 Å².